The highest BCUT2D eigenvalue weighted by molar-refractivity contribution is 6.05. The largest absolute Gasteiger partial charge is 0.383 e. The van der Waals surface area contributed by atoms with E-state index in [1.807, 2.05) is 6.92 Å². The van der Waals surface area contributed by atoms with E-state index in [9.17, 15) is 18.8 Å². The SMILES string of the molecule is CCCn1c(=O)[nH]c(N)c(NC(=O)c2cnn(Cc3cccc(F)c3)c2)c1=O. The Hall–Kier alpha value is -3.69. The van der Waals surface area contributed by atoms with E-state index in [1.54, 1.807) is 12.1 Å². The number of aromatic nitrogens is 4. The van der Waals surface area contributed by atoms with Gasteiger partial charge in [-0.05, 0) is 24.1 Å². The van der Waals surface area contributed by atoms with E-state index >= 15 is 0 Å². The summed E-state index contributed by atoms with van der Waals surface area (Å²) < 4.78 is 15.7. The van der Waals surface area contributed by atoms with Crippen molar-refractivity contribution >= 4 is 17.4 Å². The minimum Gasteiger partial charge on any atom is -0.383 e. The van der Waals surface area contributed by atoms with Crippen LogP contribution < -0.4 is 22.3 Å². The summed E-state index contributed by atoms with van der Waals surface area (Å²) in [7, 11) is 0. The molecule has 146 valence electrons. The Labute approximate surface area is 158 Å². The summed E-state index contributed by atoms with van der Waals surface area (Å²) in [6.45, 7) is 2.28. The van der Waals surface area contributed by atoms with Crippen molar-refractivity contribution < 1.29 is 9.18 Å². The van der Waals surface area contributed by atoms with Gasteiger partial charge in [0.2, 0.25) is 0 Å². The summed E-state index contributed by atoms with van der Waals surface area (Å²) in [5.41, 5.74) is 5.05. The molecule has 0 saturated carbocycles. The number of nitrogen functional groups attached to an aromatic ring is 1. The van der Waals surface area contributed by atoms with Crippen molar-refractivity contribution in [2.45, 2.75) is 26.4 Å². The van der Waals surface area contributed by atoms with Gasteiger partial charge in [-0.1, -0.05) is 19.1 Å². The minimum absolute atomic E-state index is 0.184. The van der Waals surface area contributed by atoms with Crippen LogP contribution in [-0.4, -0.2) is 25.2 Å². The van der Waals surface area contributed by atoms with Crippen LogP contribution in [0.1, 0.15) is 29.3 Å². The fourth-order valence-corrected chi connectivity index (χ4v) is 2.71. The van der Waals surface area contributed by atoms with E-state index in [-0.39, 0.29) is 36.0 Å². The first-order valence-electron chi connectivity index (χ1n) is 8.60. The zero-order chi connectivity index (χ0) is 20.3. The lowest BCUT2D eigenvalue weighted by atomic mass is 10.2. The van der Waals surface area contributed by atoms with Crippen LogP contribution in [0.3, 0.4) is 0 Å². The number of nitrogens with one attached hydrogen (secondary N) is 2. The van der Waals surface area contributed by atoms with Gasteiger partial charge in [-0.25, -0.2) is 9.18 Å². The maximum Gasteiger partial charge on any atom is 0.330 e. The van der Waals surface area contributed by atoms with Gasteiger partial charge in [0.15, 0.2) is 0 Å². The second kappa shape index (κ2) is 7.91. The fourth-order valence-electron chi connectivity index (χ4n) is 2.71. The fraction of sp³-hybridized carbons (Fsp3) is 0.222. The summed E-state index contributed by atoms with van der Waals surface area (Å²) in [6, 6.07) is 6.04. The molecule has 0 aliphatic heterocycles. The number of aromatic amines is 1. The summed E-state index contributed by atoms with van der Waals surface area (Å²) in [4.78, 5) is 39.1. The van der Waals surface area contributed by atoms with Crippen molar-refractivity contribution in [2.75, 3.05) is 11.1 Å². The van der Waals surface area contributed by atoms with Crippen molar-refractivity contribution in [3.63, 3.8) is 0 Å². The summed E-state index contributed by atoms with van der Waals surface area (Å²) in [5, 5.41) is 6.50. The molecule has 0 saturated heterocycles. The Kier molecular flexibility index (Phi) is 5.39. The third-order valence-corrected chi connectivity index (χ3v) is 4.03. The molecule has 0 radical (unpaired) electrons. The Morgan fingerprint density at radius 2 is 2.14 bits per heavy atom. The molecular formula is C18H19FN6O3. The molecule has 0 spiro atoms. The molecule has 4 N–H and O–H groups in total. The molecule has 9 nitrogen and oxygen atoms in total. The van der Waals surface area contributed by atoms with Gasteiger partial charge >= 0.3 is 5.69 Å². The molecule has 3 aromatic rings. The minimum atomic E-state index is -0.677. The highest BCUT2D eigenvalue weighted by Crippen LogP contribution is 2.11. The zero-order valence-electron chi connectivity index (χ0n) is 15.1. The smallest absolute Gasteiger partial charge is 0.330 e. The van der Waals surface area contributed by atoms with Gasteiger partial charge in [0, 0.05) is 12.7 Å². The van der Waals surface area contributed by atoms with Crippen LogP contribution in [0.15, 0.2) is 46.2 Å². The van der Waals surface area contributed by atoms with E-state index in [4.69, 9.17) is 5.73 Å². The van der Waals surface area contributed by atoms with Gasteiger partial charge in [0.25, 0.3) is 11.5 Å². The first-order valence-corrected chi connectivity index (χ1v) is 8.60. The Morgan fingerprint density at radius 3 is 2.86 bits per heavy atom. The number of hydrogen-bond acceptors (Lipinski definition) is 5. The lowest BCUT2D eigenvalue weighted by Crippen LogP contribution is -2.38. The lowest BCUT2D eigenvalue weighted by Gasteiger charge is -2.09. The molecule has 3 rings (SSSR count). The second-order valence-corrected chi connectivity index (χ2v) is 6.19. The van der Waals surface area contributed by atoms with E-state index in [2.05, 4.69) is 15.4 Å². The zero-order valence-corrected chi connectivity index (χ0v) is 15.1. The van der Waals surface area contributed by atoms with E-state index in [0.29, 0.717) is 12.0 Å². The number of hydrogen-bond donors (Lipinski definition) is 3. The van der Waals surface area contributed by atoms with Crippen molar-refractivity contribution in [3.05, 3.63) is 74.4 Å². The number of nitrogens with two attached hydrogens (primary N) is 1. The summed E-state index contributed by atoms with van der Waals surface area (Å²) >= 11 is 0. The van der Waals surface area contributed by atoms with Crippen LogP contribution in [0.5, 0.6) is 0 Å². The number of carbonyl (C=O) groups excluding carboxylic acids is 1. The van der Waals surface area contributed by atoms with Crippen molar-refractivity contribution in [1.82, 2.24) is 19.3 Å². The number of rotatable bonds is 6. The highest BCUT2D eigenvalue weighted by atomic mass is 19.1. The maximum absolute atomic E-state index is 13.3. The standard InChI is InChI=1S/C18H19FN6O3/c1-2-6-25-17(27)14(15(20)23-18(25)28)22-16(26)12-8-21-24(10-12)9-11-4-3-5-13(19)7-11/h3-5,7-8,10H,2,6,9,20H2,1H3,(H,22,26)(H,23,28). The molecule has 2 aromatic heterocycles. The number of benzene rings is 1. The average molecular weight is 386 g/mol. The monoisotopic (exact) mass is 386 g/mol. The van der Waals surface area contributed by atoms with E-state index in [1.165, 1.54) is 29.2 Å². The molecule has 0 bridgehead atoms. The van der Waals surface area contributed by atoms with Crippen LogP contribution in [0.25, 0.3) is 0 Å². The highest BCUT2D eigenvalue weighted by Gasteiger charge is 2.16. The number of carbonyl (C=O) groups is 1. The molecule has 1 aromatic carbocycles. The molecule has 0 aliphatic rings. The second-order valence-electron chi connectivity index (χ2n) is 6.19. The Morgan fingerprint density at radius 1 is 1.36 bits per heavy atom. The average Bonchev–Trinajstić information content (AvgIpc) is 3.10. The van der Waals surface area contributed by atoms with Crippen molar-refractivity contribution in [3.8, 4) is 0 Å². The number of nitrogens with zero attached hydrogens (tertiary/aromatic N) is 3. The molecule has 2 heterocycles. The molecule has 0 fully saturated rings. The first-order chi connectivity index (χ1) is 13.4. The van der Waals surface area contributed by atoms with Crippen molar-refractivity contribution in [2.24, 2.45) is 0 Å². The van der Waals surface area contributed by atoms with Gasteiger partial charge in [0.1, 0.15) is 17.3 Å². The van der Waals surface area contributed by atoms with Gasteiger partial charge in [0.05, 0.1) is 18.3 Å². The number of amides is 1. The van der Waals surface area contributed by atoms with Gasteiger partial charge < -0.3 is 11.1 Å². The van der Waals surface area contributed by atoms with Gasteiger partial charge in [-0.15, -0.1) is 0 Å². The Balaban J connectivity index is 1.81. The molecule has 10 heteroatoms. The van der Waals surface area contributed by atoms with Gasteiger partial charge in [-0.2, -0.15) is 5.10 Å². The third kappa shape index (κ3) is 4.00. The molecule has 28 heavy (non-hydrogen) atoms. The predicted molar refractivity (Wildman–Crippen MR) is 102 cm³/mol. The molecule has 0 aliphatic carbocycles. The van der Waals surface area contributed by atoms with Crippen LogP contribution >= 0.6 is 0 Å². The van der Waals surface area contributed by atoms with Crippen LogP contribution in [-0.2, 0) is 13.1 Å². The normalized spacial score (nSPS) is 10.8. The quantitative estimate of drug-likeness (QED) is 0.586. The molecule has 0 unspecified atom stereocenters. The number of anilines is 2. The number of H-pyrrole nitrogens is 1. The van der Waals surface area contributed by atoms with Crippen LogP contribution in [0.2, 0.25) is 0 Å². The third-order valence-electron chi connectivity index (χ3n) is 4.03. The van der Waals surface area contributed by atoms with Gasteiger partial charge in [-0.3, -0.25) is 23.8 Å². The molecule has 1 amide bonds. The lowest BCUT2D eigenvalue weighted by molar-refractivity contribution is 0.102. The summed E-state index contributed by atoms with van der Waals surface area (Å²) in [5.74, 6) is -1.19. The summed E-state index contributed by atoms with van der Waals surface area (Å²) in [6.07, 6.45) is 3.35. The Bertz CT molecular complexity index is 1130. The number of halogens is 1. The predicted octanol–water partition coefficient (Wildman–Crippen LogP) is 1.16. The molecule has 0 atom stereocenters. The van der Waals surface area contributed by atoms with Crippen LogP contribution in [0.4, 0.5) is 15.9 Å². The molecular weight excluding hydrogens is 367 g/mol. The first kappa shape index (κ1) is 19.1. The van der Waals surface area contributed by atoms with E-state index < -0.39 is 17.2 Å². The topological polar surface area (TPSA) is 128 Å². The van der Waals surface area contributed by atoms with Crippen molar-refractivity contribution in [1.29, 1.82) is 0 Å². The maximum atomic E-state index is 13.3. The van der Waals surface area contributed by atoms with Crippen LogP contribution in [0, 0.1) is 5.82 Å². The van der Waals surface area contributed by atoms with E-state index in [0.717, 1.165) is 4.57 Å².